The third-order valence-corrected chi connectivity index (χ3v) is 4.41. The van der Waals surface area contributed by atoms with Gasteiger partial charge >= 0.3 is 0 Å². The van der Waals surface area contributed by atoms with Crippen LogP contribution in [0.15, 0.2) is 54.6 Å². The molecule has 2 N–H and O–H groups in total. The molecule has 0 aliphatic heterocycles. The second kappa shape index (κ2) is 6.92. The van der Waals surface area contributed by atoms with Crippen LogP contribution in [0.1, 0.15) is 25.3 Å². The maximum absolute atomic E-state index is 13.1. The van der Waals surface area contributed by atoms with Crippen LogP contribution in [-0.2, 0) is 11.3 Å². The molecule has 120 valence electrons. The topological polar surface area (TPSA) is 33.5 Å². The molecule has 2 aromatic carbocycles. The molecule has 2 atom stereocenters. The second-order valence-electron chi connectivity index (χ2n) is 6.23. The van der Waals surface area contributed by atoms with Crippen molar-refractivity contribution in [1.29, 1.82) is 0 Å². The zero-order valence-electron chi connectivity index (χ0n) is 13.3. The predicted molar refractivity (Wildman–Crippen MR) is 88.6 cm³/mol. The summed E-state index contributed by atoms with van der Waals surface area (Å²) in [5.41, 5.74) is 1.88. The Kier molecular flexibility index (Phi) is 4.72. The molecule has 1 amide bonds. The van der Waals surface area contributed by atoms with Crippen LogP contribution in [0.25, 0.3) is 0 Å². The van der Waals surface area contributed by atoms with Gasteiger partial charge in [0.25, 0.3) is 5.91 Å². The maximum Gasteiger partial charge on any atom is 0.282 e. The third kappa shape index (κ3) is 4.17. The number of hydrogen-bond donors (Lipinski definition) is 2. The highest BCUT2D eigenvalue weighted by molar-refractivity contribution is 5.93. The molecule has 0 bridgehead atoms. The van der Waals surface area contributed by atoms with Crippen molar-refractivity contribution in [2.45, 2.75) is 38.4 Å². The normalized spacial score (nSPS) is 16.6. The number of benzene rings is 2. The fraction of sp³-hybridized carbons (Fsp3) is 0.316. The summed E-state index contributed by atoms with van der Waals surface area (Å²) < 4.78 is 13.1. The van der Waals surface area contributed by atoms with Gasteiger partial charge in [0.2, 0.25) is 0 Å². The van der Waals surface area contributed by atoms with Crippen molar-refractivity contribution in [2.24, 2.45) is 0 Å². The molecule has 0 saturated heterocycles. The first-order chi connectivity index (χ1) is 11.1. The quantitative estimate of drug-likeness (QED) is 0.843. The average Bonchev–Trinajstić information content (AvgIpc) is 3.39. The minimum absolute atomic E-state index is 0.0280. The summed E-state index contributed by atoms with van der Waals surface area (Å²) in [5, 5.41) is 2.98. The van der Waals surface area contributed by atoms with E-state index in [4.69, 9.17) is 0 Å². The summed E-state index contributed by atoms with van der Waals surface area (Å²) in [6, 6.07) is 16.5. The molecule has 1 fully saturated rings. The van der Waals surface area contributed by atoms with Crippen LogP contribution in [0.4, 0.5) is 10.1 Å². The number of carbonyl (C=O) groups excluding carboxylic acids is 1. The van der Waals surface area contributed by atoms with Crippen molar-refractivity contribution in [3.63, 3.8) is 0 Å². The van der Waals surface area contributed by atoms with Crippen LogP contribution in [0.2, 0.25) is 0 Å². The zero-order valence-corrected chi connectivity index (χ0v) is 13.3. The average molecular weight is 313 g/mol. The minimum Gasteiger partial charge on any atom is -0.321 e. The number of carbonyl (C=O) groups is 1. The lowest BCUT2D eigenvalue weighted by molar-refractivity contribution is -0.938. The smallest absolute Gasteiger partial charge is 0.282 e. The van der Waals surface area contributed by atoms with Gasteiger partial charge in [-0.05, 0) is 31.2 Å². The molecule has 3 rings (SSSR count). The van der Waals surface area contributed by atoms with Gasteiger partial charge in [-0.15, -0.1) is 0 Å². The van der Waals surface area contributed by atoms with E-state index in [1.165, 1.54) is 17.0 Å². The molecular weight excluding hydrogens is 291 g/mol. The number of halogens is 1. The number of hydrogen-bond acceptors (Lipinski definition) is 1. The van der Waals surface area contributed by atoms with Crippen molar-refractivity contribution >= 4 is 11.6 Å². The van der Waals surface area contributed by atoms with E-state index in [9.17, 15) is 9.18 Å². The van der Waals surface area contributed by atoms with Gasteiger partial charge in [0.1, 0.15) is 12.4 Å². The Hall–Kier alpha value is -2.20. The fourth-order valence-corrected chi connectivity index (χ4v) is 2.88. The summed E-state index contributed by atoms with van der Waals surface area (Å²) in [4.78, 5) is 13.8. The van der Waals surface area contributed by atoms with Crippen molar-refractivity contribution in [3.05, 3.63) is 66.0 Å². The van der Waals surface area contributed by atoms with Gasteiger partial charge in [-0.3, -0.25) is 4.79 Å². The van der Waals surface area contributed by atoms with Gasteiger partial charge < -0.3 is 10.2 Å². The Morgan fingerprint density at radius 3 is 2.43 bits per heavy atom. The van der Waals surface area contributed by atoms with Crippen LogP contribution in [0.5, 0.6) is 0 Å². The molecular formula is C19H22FN2O+. The summed E-state index contributed by atoms with van der Waals surface area (Å²) in [6.07, 6.45) is 2.30. The molecule has 0 radical (unpaired) electrons. The first-order valence-electron chi connectivity index (χ1n) is 8.09. The van der Waals surface area contributed by atoms with E-state index in [1.807, 2.05) is 37.3 Å². The van der Waals surface area contributed by atoms with Crippen LogP contribution in [0, 0.1) is 5.82 Å². The lowest BCUT2D eigenvalue weighted by Gasteiger charge is -2.25. The van der Waals surface area contributed by atoms with Gasteiger partial charge in [-0.2, -0.15) is 0 Å². The second-order valence-corrected chi connectivity index (χ2v) is 6.23. The molecule has 0 aromatic heterocycles. The van der Waals surface area contributed by atoms with Crippen LogP contribution in [-0.4, -0.2) is 18.0 Å². The standard InChI is InChI=1S/C19H21FN2O/c1-14(19(23)21-17-5-3-2-4-6-17)22(18-11-12-18)13-15-7-9-16(20)10-8-15/h2-10,14,18H,11-13H2,1H3,(H,21,23)/p+1/t14-/m1/s1. The van der Waals surface area contributed by atoms with Gasteiger partial charge in [0.15, 0.2) is 6.04 Å². The highest BCUT2D eigenvalue weighted by Crippen LogP contribution is 2.17. The Balaban J connectivity index is 1.67. The fourth-order valence-electron chi connectivity index (χ4n) is 2.88. The van der Waals surface area contributed by atoms with E-state index in [0.717, 1.165) is 30.6 Å². The number of amides is 1. The van der Waals surface area contributed by atoms with E-state index in [-0.39, 0.29) is 17.8 Å². The van der Waals surface area contributed by atoms with Crippen LogP contribution >= 0.6 is 0 Å². The Labute approximate surface area is 136 Å². The van der Waals surface area contributed by atoms with E-state index in [1.54, 1.807) is 12.1 Å². The lowest BCUT2D eigenvalue weighted by atomic mass is 10.1. The summed E-state index contributed by atoms with van der Waals surface area (Å²) >= 11 is 0. The van der Waals surface area contributed by atoms with E-state index < -0.39 is 0 Å². The van der Waals surface area contributed by atoms with Crippen molar-refractivity contribution in [1.82, 2.24) is 0 Å². The van der Waals surface area contributed by atoms with Gasteiger partial charge in [-0.25, -0.2) is 4.39 Å². The van der Waals surface area contributed by atoms with E-state index in [0.29, 0.717) is 6.04 Å². The molecule has 0 spiro atoms. The Bertz CT molecular complexity index is 653. The van der Waals surface area contributed by atoms with Crippen molar-refractivity contribution in [2.75, 3.05) is 5.32 Å². The molecule has 3 nitrogen and oxygen atoms in total. The van der Waals surface area contributed by atoms with Crippen LogP contribution in [0.3, 0.4) is 0 Å². The molecule has 2 aromatic rings. The largest absolute Gasteiger partial charge is 0.321 e. The molecule has 1 aliphatic carbocycles. The van der Waals surface area contributed by atoms with Crippen LogP contribution < -0.4 is 10.2 Å². The van der Waals surface area contributed by atoms with Crippen molar-refractivity contribution in [3.8, 4) is 0 Å². The molecule has 1 saturated carbocycles. The monoisotopic (exact) mass is 313 g/mol. The van der Waals surface area contributed by atoms with E-state index in [2.05, 4.69) is 5.32 Å². The summed E-state index contributed by atoms with van der Waals surface area (Å²) in [6.45, 7) is 2.71. The highest BCUT2D eigenvalue weighted by atomic mass is 19.1. The molecule has 0 heterocycles. The number of rotatable bonds is 6. The molecule has 23 heavy (non-hydrogen) atoms. The number of nitrogens with one attached hydrogen (secondary N) is 2. The van der Waals surface area contributed by atoms with Crippen molar-refractivity contribution < 1.29 is 14.1 Å². The minimum atomic E-state index is -0.225. The summed E-state index contributed by atoms with van der Waals surface area (Å²) in [5.74, 6) is -0.197. The Morgan fingerprint density at radius 2 is 1.83 bits per heavy atom. The zero-order chi connectivity index (χ0) is 16.2. The third-order valence-electron chi connectivity index (χ3n) is 4.41. The maximum atomic E-state index is 13.1. The number of quaternary nitrogens is 1. The predicted octanol–water partition coefficient (Wildman–Crippen LogP) is 2.40. The molecule has 4 heteroatoms. The number of anilines is 1. The van der Waals surface area contributed by atoms with Gasteiger partial charge in [0.05, 0.1) is 6.04 Å². The molecule has 1 aliphatic rings. The first kappa shape index (κ1) is 15.7. The first-order valence-corrected chi connectivity index (χ1v) is 8.09. The highest BCUT2D eigenvalue weighted by Gasteiger charge is 2.39. The SMILES string of the molecule is C[C@H](C(=O)Nc1ccccc1)[NH+](Cc1ccc(F)cc1)C1CC1. The molecule has 1 unspecified atom stereocenters. The van der Waals surface area contributed by atoms with E-state index >= 15 is 0 Å². The lowest BCUT2D eigenvalue weighted by Crippen LogP contribution is -3.16. The van der Waals surface area contributed by atoms with Gasteiger partial charge in [0, 0.05) is 24.1 Å². The summed E-state index contributed by atoms with van der Waals surface area (Å²) in [7, 11) is 0. The Morgan fingerprint density at radius 1 is 1.17 bits per heavy atom. The number of para-hydroxylation sites is 1. The van der Waals surface area contributed by atoms with Gasteiger partial charge in [-0.1, -0.05) is 30.3 Å².